The van der Waals surface area contributed by atoms with Gasteiger partial charge in [-0.25, -0.2) is 13.6 Å². The van der Waals surface area contributed by atoms with E-state index >= 15 is 0 Å². The zero-order chi connectivity index (χ0) is 21.5. The van der Waals surface area contributed by atoms with Gasteiger partial charge < -0.3 is 9.47 Å². The third-order valence-corrected chi connectivity index (χ3v) is 4.31. The van der Waals surface area contributed by atoms with Gasteiger partial charge in [0.15, 0.2) is 17.4 Å². The predicted octanol–water partition coefficient (Wildman–Crippen LogP) is 5.23. The SMILES string of the molecule is COC(=O)c1ccc(COc2ccccc2/C=C/C(=O)c2ccc(F)c(F)c2)cc1. The van der Waals surface area contributed by atoms with E-state index in [4.69, 9.17) is 4.74 Å². The van der Waals surface area contributed by atoms with Gasteiger partial charge in [-0.15, -0.1) is 0 Å². The van der Waals surface area contributed by atoms with Gasteiger partial charge in [0.2, 0.25) is 0 Å². The number of ether oxygens (including phenoxy) is 2. The van der Waals surface area contributed by atoms with E-state index in [1.54, 1.807) is 54.6 Å². The Labute approximate surface area is 172 Å². The first-order valence-corrected chi connectivity index (χ1v) is 9.04. The van der Waals surface area contributed by atoms with Crippen LogP contribution >= 0.6 is 0 Å². The molecule has 0 N–H and O–H groups in total. The highest BCUT2D eigenvalue weighted by Gasteiger charge is 2.08. The topological polar surface area (TPSA) is 52.6 Å². The molecule has 3 rings (SSSR count). The maximum Gasteiger partial charge on any atom is 0.337 e. The van der Waals surface area contributed by atoms with Crippen LogP contribution in [-0.2, 0) is 11.3 Å². The number of ketones is 1. The van der Waals surface area contributed by atoms with Gasteiger partial charge in [0.05, 0.1) is 12.7 Å². The van der Waals surface area contributed by atoms with Crippen LogP contribution in [-0.4, -0.2) is 18.9 Å². The highest BCUT2D eigenvalue weighted by Crippen LogP contribution is 2.21. The number of allylic oxidation sites excluding steroid dienone is 1. The first-order valence-electron chi connectivity index (χ1n) is 9.04. The van der Waals surface area contributed by atoms with Crippen molar-refractivity contribution in [2.75, 3.05) is 7.11 Å². The normalized spacial score (nSPS) is 10.8. The van der Waals surface area contributed by atoms with E-state index in [1.165, 1.54) is 19.3 Å². The molecule has 0 fully saturated rings. The zero-order valence-corrected chi connectivity index (χ0v) is 16.1. The molecule has 0 aliphatic carbocycles. The van der Waals surface area contributed by atoms with Crippen LogP contribution in [0.15, 0.2) is 72.8 Å². The summed E-state index contributed by atoms with van der Waals surface area (Å²) in [5.41, 5.74) is 1.99. The average Bonchev–Trinajstić information content (AvgIpc) is 2.78. The van der Waals surface area contributed by atoms with E-state index in [0.29, 0.717) is 16.9 Å². The minimum atomic E-state index is -1.07. The number of rotatable bonds is 7. The minimum absolute atomic E-state index is 0.0502. The molecule has 4 nitrogen and oxygen atoms in total. The van der Waals surface area contributed by atoms with Gasteiger partial charge in [-0.3, -0.25) is 4.79 Å². The second-order valence-corrected chi connectivity index (χ2v) is 6.34. The third-order valence-electron chi connectivity index (χ3n) is 4.31. The smallest absolute Gasteiger partial charge is 0.337 e. The summed E-state index contributed by atoms with van der Waals surface area (Å²) in [6.07, 6.45) is 2.83. The summed E-state index contributed by atoms with van der Waals surface area (Å²) in [5, 5.41) is 0. The Morgan fingerprint density at radius 3 is 2.30 bits per heavy atom. The number of esters is 1. The molecule has 0 saturated carbocycles. The van der Waals surface area contributed by atoms with E-state index in [2.05, 4.69) is 4.74 Å². The molecular weight excluding hydrogens is 390 g/mol. The Kier molecular flexibility index (Phi) is 6.70. The van der Waals surface area contributed by atoms with E-state index in [1.807, 2.05) is 0 Å². The van der Waals surface area contributed by atoms with E-state index in [0.717, 1.165) is 17.7 Å². The summed E-state index contributed by atoms with van der Waals surface area (Å²) in [5.74, 6) is -2.40. The molecule has 0 aliphatic rings. The molecule has 3 aromatic rings. The van der Waals surface area contributed by atoms with Crippen molar-refractivity contribution in [2.24, 2.45) is 0 Å². The fourth-order valence-corrected chi connectivity index (χ4v) is 2.68. The number of carbonyl (C=O) groups excluding carboxylic acids is 2. The first-order chi connectivity index (χ1) is 14.5. The van der Waals surface area contributed by atoms with Gasteiger partial charge in [-0.05, 0) is 54.1 Å². The number of para-hydroxylation sites is 1. The summed E-state index contributed by atoms with van der Waals surface area (Å²) < 4.78 is 36.8. The molecule has 0 bridgehead atoms. The first kappa shape index (κ1) is 20.9. The summed E-state index contributed by atoms with van der Waals surface area (Å²) in [7, 11) is 1.32. The Hall–Kier alpha value is -3.80. The maximum atomic E-state index is 13.3. The summed E-state index contributed by atoms with van der Waals surface area (Å²) in [4.78, 5) is 23.7. The van der Waals surface area contributed by atoms with Gasteiger partial charge in [0, 0.05) is 11.1 Å². The largest absolute Gasteiger partial charge is 0.488 e. The van der Waals surface area contributed by atoms with Crippen molar-refractivity contribution in [3.8, 4) is 5.75 Å². The number of hydrogen-bond donors (Lipinski definition) is 0. The molecular formula is C24H18F2O4. The van der Waals surface area contributed by atoms with Crippen LogP contribution in [0, 0.1) is 11.6 Å². The van der Waals surface area contributed by atoms with E-state index in [-0.39, 0.29) is 12.2 Å². The van der Waals surface area contributed by atoms with E-state index < -0.39 is 23.4 Å². The molecule has 3 aromatic carbocycles. The van der Waals surface area contributed by atoms with Gasteiger partial charge in [-0.1, -0.05) is 30.3 Å². The standard InChI is InChI=1S/C24H18F2O4/c1-29-24(28)18-8-6-16(7-9-18)15-30-23-5-3-2-4-17(23)11-13-22(27)19-10-12-20(25)21(26)14-19/h2-14H,15H2,1H3/b13-11+. The molecule has 0 amide bonds. The minimum Gasteiger partial charge on any atom is -0.488 e. The average molecular weight is 408 g/mol. The van der Waals surface area contributed by atoms with Crippen molar-refractivity contribution >= 4 is 17.8 Å². The van der Waals surface area contributed by atoms with Gasteiger partial charge in [0.25, 0.3) is 0 Å². The zero-order valence-electron chi connectivity index (χ0n) is 16.1. The molecule has 0 saturated heterocycles. The summed E-state index contributed by atoms with van der Waals surface area (Å²) >= 11 is 0. The quantitative estimate of drug-likeness (QED) is 0.305. The molecule has 0 unspecified atom stereocenters. The third kappa shape index (κ3) is 5.17. The number of carbonyl (C=O) groups is 2. The monoisotopic (exact) mass is 408 g/mol. The van der Waals surface area contributed by atoms with Crippen LogP contribution < -0.4 is 4.74 Å². The fourth-order valence-electron chi connectivity index (χ4n) is 2.68. The second-order valence-electron chi connectivity index (χ2n) is 6.34. The Balaban J connectivity index is 1.69. The van der Waals surface area contributed by atoms with E-state index in [9.17, 15) is 18.4 Å². The molecule has 0 heterocycles. The van der Waals surface area contributed by atoms with Crippen molar-refractivity contribution in [3.05, 3.63) is 107 Å². The van der Waals surface area contributed by atoms with Gasteiger partial charge in [0.1, 0.15) is 12.4 Å². The van der Waals surface area contributed by atoms with Crippen LogP contribution in [0.5, 0.6) is 5.75 Å². The van der Waals surface area contributed by atoms with Crippen LogP contribution in [0.4, 0.5) is 8.78 Å². The summed E-state index contributed by atoms with van der Waals surface area (Å²) in [6, 6.07) is 16.9. The van der Waals surface area contributed by atoms with Crippen LogP contribution in [0.3, 0.4) is 0 Å². The van der Waals surface area contributed by atoms with Crippen molar-refractivity contribution in [3.63, 3.8) is 0 Å². The lowest BCUT2D eigenvalue weighted by Gasteiger charge is -2.09. The maximum absolute atomic E-state index is 13.3. The van der Waals surface area contributed by atoms with Crippen molar-refractivity contribution in [2.45, 2.75) is 6.61 Å². The van der Waals surface area contributed by atoms with Gasteiger partial charge >= 0.3 is 5.97 Å². The lowest BCUT2D eigenvalue weighted by atomic mass is 10.1. The number of halogens is 2. The van der Waals surface area contributed by atoms with Crippen LogP contribution in [0.2, 0.25) is 0 Å². The molecule has 152 valence electrons. The van der Waals surface area contributed by atoms with Crippen molar-refractivity contribution in [1.82, 2.24) is 0 Å². The van der Waals surface area contributed by atoms with Crippen molar-refractivity contribution in [1.29, 1.82) is 0 Å². The number of benzene rings is 3. The Morgan fingerprint density at radius 1 is 0.900 bits per heavy atom. The number of hydrogen-bond acceptors (Lipinski definition) is 4. The highest BCUT2D eigenvalue weighted by atomic mass is 19.2. The molecule has 0 spiro atoms. The molecule has 0 aliphatic heterocycles. The number of methoxy groups -OCH3 is 1. The van der Waals surface area contributed by atoms with Crippen LogP contribution in [0.1, 0.15) is 31.8 Å². The summed E-state index contributed by atoms with van der Waals surface area (Å²) in [6.45, 7) is 0.253. The molecule has 0 aromatic heterocycles. The lowest BCUT2D eigenvalue weighted by Crippen LogP contribution is -2.02. The Morgan fingerprint density at radius 2 is 1.60 bits per heavy atom. The van der Waals surface area contributed by atoms with Crippen LogP contribution in [0.25, 0.3) is 6.08 Å². The molecule has 0 radical (unpaired) electrons. The second kappa shape index (κ2) is 9.60. The molecule has 30 heavy (non-hydrogen) atoms. The van der Waals surface area contributed by atoms with Crippen molar-refractivity contribution < 1.29 is 27.8 Å². The fraction of sp³-hybridized carbons (Fsp3) is 0.0833. The lowest BCUT2D eigenvalue weighted by molar-refractivity contribution is 0.0600. The van der Waals surface area contributed by atoms with Gasteiger partial charge in [-0.2, -0.15) is 0 Å². The molecule has 6 heteroatoms. The Bertz CT molecular complexity index is 1090. The highest BCUT2D eigenvalue weighted by molar-refractivity contribution is 6.06. The molecule has 0 atom stereocenters. The predicted molar refractivity (Wildman–Crippen MR) is 108 cm³/mol.